The Hall–Kier alpha value is -3.48. The molecule has 0 atom stereocenters. The number of urea groups is 1. The fourth-order valence-electron chi connectivity index (χ4n) is 2.80. The Morgan fingerprint density at radius 3 is 2.19 bits per heavy atom. The molecule has 3 amide bonds. The van der Waals surface area contributed by atoms with E-state index in [0.717, 1.165) is 10.5 Å². The van der Waals surface area contributed by atoms with Gasteiger partial charge in [-0.3, -0.25) is 9.69 Å². The van der Waals surface area contributed by atoms with Gasteiger partial charge in [0.2, 0.25) is 0 Å². The Morgan fingerprint density at radius 1 is 0.926 bits per heavy atom. The second kappa shape index (κ2) is 7.82. The van der Waals surface area contributed by atoms with Gasteiger partial charge in [0.25, 0.3) is 5.91 Å². The zero-order valence-electron chi connectivity index (χ0n) is 15.3. The number of carbonyl (C=O) groups is 2. The molecular weight excluding hydrogens is 348 g/mol. The Labute approximate surface area is 157 Å². The minimum atomic E-state index is -0.463. The number of imide groups is 1. The number of ether oxygens (including phenoxy) is 3. The highest BCUT2D eigenvalue weighted by Crippen LogP contribution is 2.36. The summed E-state index contributed by atoms with van der Waals surface area (Å²) in [6.45, 7) is 0.200. The van der Waals surface area contributed by atoms with Crippen molar-refractivity contribution in [2.75, 3.05) is 21.3 Å². The van der Waals surface area contributed by atoms with E-state index in [9.17, 15) is 9.59 Å². The number of amides is 3. The minimum absolute atomic E-state index is 0.168. The molecule has 1 N–H and O–H groups in total. The second-order valence-corrected chi connectivity index (χ2v) is 5.81. The van der Waals surface area contributed by atoms with Crippen molar-refractivity contribution in [2.45, 2.75) is 6.54 Å². The number of methoxy groups -OCH3 is 3. The molecule has 3 rings (SSSR count). The molecule has 0 unspecified atom stereocenters. The molecule has 0 saturated carbocycles. The first kappa shape index (κ1) is 18.3. The van der Waals surface area contributed by atoms with Gasteiger partial charge in [-0.15, -0.1) is 0 Å². The Bertz CT molecular complexity index is 893. The average molecular weight is 368 g/mol. The first-order chi connectivity index (χ1) is 13.1. The molecule has 0 aromatic heterocycles. The van der Waals surface area contributed by atoms with Gasteiger partial charge in [-0.1, -0.05) is 30.3 Å². The number of nitrogens with zero attached hydrogens (tertiary/aromatic N) is 1. The highest BCUT2D eigenvalue weighted by Gasteiger charge is 2.33. The van der Waals surface area contributed by atoms with Crippen LogP contribution in [0.25, 0.3) is 6.08 Å². The standard InChI is InChI=1S/C20H20N2O5/c1-25-16-11-18(27-3)17(26-2)10-14(16)9-15-19(23)22(20(24)21-15)12-13-7-5-4-6-8-13/h4-11H,12H2,1-3H3,(H,21,24)/b15-9+. The van der Waals surface area contributed by atoms with Crippen LogP contribution in [0.3, 0.4) is 0 Å². The van der Waals surface area contributed by atoms with E-state index in [-0.39, 0.29) is 12.2 Å². The van der Waals surface area contributed by atoms with Crippen molar-refractivity contribution >= 4 is 18.0 Å². The van der Waals surface area contributed by atoms with E-state index in [0.29, 0.717) is 22.8 Å². The summed E-state index contributed by atoms with van der Waals surface area (Å²) in [5.41, 5.74) is 1.62. The van der Waals surface area contributed by atoms with Crippen LogP contribution in [-0.4, -0.2) is 38.2 Å². The maximum absolute atomic E-state index is 12.7. The quantitative estimate of drug-likeness (QED) is 0.627. The first-order valence-corrected chi connectivity index (χ1v) is 8.26. The molecule has 1 fully saturated rings. The molecule has 7 nitrogen and oxygen atoms in total. The van der Waals surface area contributed by atoms with E-state index in [4.69, 9.17) is 14.2 Å². The number of benzene rings is 2. The van der Waals surface area contributed by atoms with Crippen molar-refractivity contribution in [1.29, 1.82) is 0 Å². The third-order valence-electron chi connectivity index (χ3n) is 4.18. The van der Waals surface area contributed by atoms with Crippen LogP contribution in [0.1, 0.15) is 11.1 Å². The zero-order chi connectivity index (χ0) is 19.4. The van der Waals surface area contributed by atoms with E-state index >= 15 is 0 Å². The van der Waals surface area contributed by atoms with Crippen LogP contribution < -0.4 is 19.5 Å². The summed E-state index contributed by atoms with van der Waals surface area (Å²) in [4.78, 5) is 26.1. The van der Waals surface area contributed by atoms with E-state index in [1.165, 1.54) is 21.3 Å². The predicted molar refractivity (Wildman–Crippen MR) is 99.6 cm³/mol. The number of carbonyl (C=O) groups excluding carboxylic acids is 2. The van der Waals surface area contributed by atoms with E-state index in [1.807, 2.05) is 30.3 Å². The summed E-state index contributed by atoms with van der Waals surface area (Å²) in [5, 5.41) is 2.61. The van der Waals surface area contributed by atoms with Crippen LogP contribution in [0, 0.1) is 0 Å². The Balaban J connectivity index is 1.91. The van der Waals surface area contributed by atoms with Gasteiger partial charge in [-0.2, -0.15) is 0 Å². The van der Waals surface area contributed by atoms with E-state index in [2.05, 4.69) is 5.32 Å². The third-order valence-corrected chi connectivity index (χ3v) is 4.18. The lowest BCUT2D eigenvalue weighted by Gasteiger charge is -2.13. The van der Waals surface area contributed by atoms with Crippen molar-refractivity contribution in [2.24, 2.45) is 0 Å². The normalized spacial score (nSPS) is 15.1. The van der Waals surface area contributed by atoms with Crippen molar-refractivity contribution in [3.05, 3.63) is 59.3 Å². The van der Waals surface area contributed by atoms with Crippen LogP contribution in [-0.2, 0) is 11.3 Å². The summed E-state index contributed by atoms with van der Waals surface area (Å²) in [7, 11) is 4.56. The van der Waals surface area contributed by atoms with Gasteiger partial charge in [-0.25, -0.2) is 4.79 Å². The molecule has 7 heteroatoms. The lowest BCUT2D eigenvalue weighted by molar-refractivity contribution is -0.123. The Kier molecular flexibility index (Phi) is 5.30. The molecule has 27 heavy (non-hydrogen) atoms. The fourth-order valence-corrected chi connectivity index (χ4v) is 2.80. The molecule has 0 spiro atoms. The van der Waals surface area contributed by atoms with Crippen molar-refractivity contribution in [1.82, 2.24) is 10.2 Å². The van der Waals surface area contributed by atoms with Gasteiger partial charge in [0.1, 0.15) is 11.4 Å². The summed E-state index contributed by atoms with van der Waals surface area (Å²) < 4.78 is 15.9. The number of hydrogen-bond donors (Lipinski definition) is 1. The van der Waals surface area contributed by atoms with Gasteiger partial charge < -0.3 is 19.5 Å². The molecular formula is C20H20N2O5. The highest BCUT2D eigenvalue weighted by molar-refractivity contribution is 6.14. The molecule has 1 aliphatic rings. The smallest absolute Gasteiger partial charge is 0.329 e. The summed E-state index contributed by atoms with van der Waals surface area (Å²) >= 11 is 0. The maximum Gasteiger partial charge on any atom is 0.329 e. The first-order valence-electron chi connectivity index (χ1n) is 8.26. The van der Waals surface area contributed by atoms with Gasteiger partial charge in [0.15, 0.2) is 11.5 Å². The van der Waals surface area contributed by atoms with Gasteiger partial charge >= 0.3 is 6.03 Å². The van der Waals surface area contributed by atoms with Crippen LogP contribution in [0.4, 0.5) is 4.79 Å². The molecule has 1 saturated heterocycles. The number of nitrogens with one attached hydrogen (secondary N) is 1. The number of rotatable bonds is 6. The monoisotopic (exact) mass is 368 g/mol. The third kappa shape index (κ3) is 3.72. The van der Waals surface area contributed by atoms with Crippen LogP contribution in [0.15, 0.2) is 48.2 Å². The predicted octanol–water partition coefficient (Wildman–Crippen LogP) is 2.81. The van der Waals surface area contributed by atoms with Crippen LogP contribution in [0.2, 0.25) is 0 Å². The molecule has 140 valence electrons. The van der Waals surface area contributed by atoms with E-state index < -0.39 is 11.9 Å². The van der Waals surface area contributed by atoms with Gasteiger partial charge in [-0.05, 0) is 17.7 Å². The van der Waals surface area contributed by atoms with Crippen LogP contribution >= 0.6 is 0 Å². The zero-order valence-corrected chi connectivity index (χ0v) is 15.3. The summed E-state index contributed by atoms with van der Waals surface area (Å²) in [5.74, 6) is 1.08. The number of hydrogen-bond acceptors (Lipinski definition) is 5. The molecule has 0 radical (unpaired) electrons. The molecule has 2 aromatic carbocycles. The highest BCUT2D eigenvalue weighted by atomic mass is 16.5. The lowest BCUT2D eigenvalue weighted by atomic mass is 10.1. The SMILES string of the molecule is COc1cc(OC)c(OC)cc1/C=C1/NC(=O)N(Cc2ccccc2)C1=O. The lowest BCUT2D eigenvalue weighted by Crippen LogP contribution is -2.30. The topological polar surface area (TPSA) is 77.1 Å². The average Bonchev–Trinajstić information content (AvgIpc) is 2.95. The fraction of sp³-hybridized carbons (Fsp3) is 0.200. The van der Waals surface area contributed by atoms with Crippen molar-refractivity contribution in [3.8, 4) is 17.2 Å². The van der Waals surface area contributed by atoms with Gasteiger partial charge in [0.05, 0.1) is 27.9 Å². The van der Waals surface area contributed by atoms with Crippen molar-refractivity contribution < 1.29 is 23.8 Å². The van der Waals surface area contributed by atoms with Crippen molar-refractivity contribution in [3.63, 3.8) is 0 Å². The molecule has 2 aromatic rings. The molecule has 0 aliphatic carbocycles. The summed E-state index contributed by atoms with van der Waals surface area (Å²) in [6, 6.07) is 12.2. The van der Waals surface area contributed by atoms with E-state index in [1.54, 1.807) is 18.2 Å². The Morgan fingerprint density at radius 2 is 1.56 bits per heavy atom. The van der Waals surface area contributed by atoms with Gasteiger partial charge in [0, 0.05) is 11.6 Å². The minimum Gasteiger partial charge on any atom is -0.496 e. The van der Waals surface area contributed by atoms with Crippen LogP contribution in [0.5, 0.6) is 17.2 Å². The summed E-state index contributed by atoms with van der Waals surface area (Å²) in [6.07, 6.45) is 1.56. The molecule has 1 aliphatic heterocycles. The second-order valence-electron chi connectivity index (χ2n) is 5.81. The molecule has 1 heterocycles. The molecule has 0 bridgehead atoms. The largest absolute Gasteiger partial charge is 0.496 e. The maximum atomic E-state index is 12.7.